The first-order valence-electron chi connectivity index (χ1n) is 9.99. The van der Waals surface area contributed by atoms with Crippen LogP contribution in [0.25, 0.3) is 11.3 Å². The molecule has 2 heterocycles. The Bertz CT molecular complexity index is 1070. The maximum atomic E-state index is 13.1. The summed E-state index contributed by atoms with van der Waals surface area (Å²) in [4.78, 5) is 14.7. The van der Waals surface area contributed by atoms with Crippen LogP contribution in [0.1, 0.15) is 45.7 Å². The molecule has 1 amide bonds. The van der Waals surface area contributed by atoms with Crippen LogP contribution in [0.3, 0.4) is 0 Å². The molecule has 4 rings (SSSR count). The van der Waals surface area contributed by atoms with Crippen LogP contribution in [-0.4, -0.2) is 51.0 Å². The van der Waals surface area contributed by atoms with Crippen molar-refractivity contribution in [1.29, 1.82) is 0 Å². The zero-order chi connectivity index (χ0) is 21.4. The molecule has 3 aromatic rings. The fraction of sp³-hybridized carbons (Fsp3) is 0.304. The highest BCUT2D eigenvalue weighted by Crippen LogP contribution is 2.45. The van der Waals surface area contributed by atoms with E-state index in [-0.39, 0.29) is 24.8 Å². The van der Waals surface area contributed by atoms with Gasteiger partial charge in [-0.2, -0.15) is 5.10 Å². The van der Waals surface area contributed by atoms with Gasteiger partial charge in [0.15, 0.2) is 0 Å². The predicted octanol–water partition coefficient (Wildman–Crippen LogP) is 3.34. The molecule has 0 unspecified atom stereocenters. The Kier molecular flexibility index (Phi) is 5.22. The molecule has 7 nitrogen and oxygen atoms in total. The number of carbonyl (C=O) groups is 1. The third-order valence-corrected chi connectivity index (χ3v) is 5.41. The minimum atomic E-state index is -0.427. The molecule has 0 saturated carbocycles. The standard InChI is InChI=1S/C23H25N3O4/c1-4-30-16-7-5-15(6-8-16)22-19-20(18-14(3)11-13(2)12-17(18)28)24-25-21(19)23(29)26(22)9-10-27/h5-8,11-12,22,27-28H,4,9-10H2,1-3H3,(H,24,25)/t22-/m0/s1. The number of hydrogen-bond acceptors (Lipinski definition) is 5. The van der Waals surface area contributed by atoms with E-state index in [0.29, 0.717) is 29.1 Å². The molecule has 0 bridgehead atoms. The molecular formula is C23H25N3O4. The quantitative estimate of drug-likeness (QED) is 0.582. The largest absolute Gasteiger partial charge is 0.507 e. The van der Waals surface area contributed by atoms with Crippen molar-refractivity contribution in [3.05, 3.63) is 64.3 Å². The van der Waals surface area contributed by atoms with Gasteiger partial charge in [0.2, 0.25) is 0 Å². The smallest absolute Gasteiger partial charge is 0.273 e. The molecule has 0 aliphatic carbocycles. The van der Waals surface area contributed by atoms with Crippen molar-refractivity contribution in [1.82, 2.24) is 15.1 Å². The highest BCUT2D eigenvalue weighted by atomic mass is 16.5. The van der Waals surface area contributed by atoms with Gasteiger partial charge >= 0.3 is 0 Å². The molecule has 0 saturated heterocycles. The molecule has 0 radical (unpaired) electrons. The predicted molar refractivity (Wildman–Crippen MR) is 113 cm³/mol. The van der Waals surface area contributed by atoms with E-state index in [2.05, 4.69) is 10.2 Å². The molecule has 0 fully saturated rings. The normalized spacial score (nSPS) is 15.5. The van der Waals surface area contributed by atoms with Gasteiger partial charge in [-0.05, 0) is 55.7 Å². The molecule has 3 N–H and O–H groups in total. The monoisotopic (exact) mass is 407 g/mol. The molecule has 156 valence electrons. The van der Waals surface area contributed by atoms with Crippen LogP contribution in [0.15, 0.2) is 36.4 Å². The van der Waals surface area contributed by atoms with E-state index >= 15 is 0 Å². The van der Waals surface area contributed by atoms with E-state index in [4.69, 9.17) is 4.74 Å². The van der Waals surface area contributed by atoms with Gasteiger partial charge in [0.1, 0.15) is 22.9 Å². The number of nitrogens with one attached hydrogen (secondary N) is 1. The lowest BCUT2D eigenvalue weighted by Gasteiger charge is -2.26. The van der Waals surface area contributed by atoms with E-state index < -0.39 is 6.04 Å². The molecule has 2 aromatic carbocycles. The highest BCUT2D eigenvalue weighted by molar-refractivity contribution is 6.00. The maximum absolute atomic E-state index is 13.1. The number of β-amino-alcohol motifs (C(OH)–C–C–N with tert-alkyl or cyclic N) is 1. The van der Waals surface area contributed by atoms with Crippen molar-refractivity contribution < 1.29 is 19.7 Å². The second-order valence-corrected chi connectivity index (χ2v) is 7.46. The number of aromatic amines is 1. The summed E-state index contributed by atoms with van der Waals surface area (Å²) in [5, 5.41) is 27.5. The Hall–Kier alpha value is -3.32. The van der Waals surface area contributed by atoms with Gasteiger partial charge in [-0.1, -0.05) is 18.2 Å². The number of hydrogen-bond donors (Lipinski definition) is 3. The Morgan fingerprint density at radius 3 is 2.57 bits per heavy atom. The fourth-order valence-electron chi connectivity index (χ4n) is 4.24. The molecule has 0 spiro atoms. The summed E-state index contributed by atoms with van der Waals surface area (Å²) in [6.45, 7) is 6.36. The summed E-state index contributed by atoms with van der Waals surface area (Å²) in [7, 11) is 0. The fourth-order valence-corrected chi connectivity index (χ4v) is 4.24. The number of rotatable bonds is 6. The minimum absolute atomic E-state index is 0.125. The van der Waals surface area contributed by atoms with E-state index in [1.54, 1.807) is 11.0 Å². The van der Waals surface area contributed by atoms with Crippen LogP contribution in [0, 0.1) is 13.8 Å². The Balaban J connectivity index is 1.88. The van der Waals surface area contributed by atoms with Gasteiger partial charge < -0.3 is 19.8 Å². The highest BCUT2D eigenvalue weighted by Gasteiger charge is 2.42. The Morgan fingerprint density at radius 2 is 1.93 bits per heavy atom. The number of aromatic nitrogens is 2. The number of aryl methyl sites for hydroxylation is 2. The zero-order valence-corrected chi connectivity index (χ0v) is 17.3. The lowest BCUT2D eigenvalue weighted by molar-refractivity contribution is 0.0706. The van der Waals surface area contributed by atoms with E-state index in [1.165, 1.54) is 0 Å². The Morgan fingerprint density at radius 1 is 1.20 bits per heavy atom. The molecule has 1 aliphatic rings. The van der Waals surface area contributed by atoms with Crippen molar-refractivity contribution >= 4 is 5.91 Å². The topological polar surface area (TPSA) is 98.7 Å². The molecule has 1 atom stereocenters. The zero-order valence-electron chi connectivity index (χ0n) is 17.3. The summed E-state index contributed by atoms with van der Waals surface area (Å²) in [5.74, 6) is 0.653. The first-order chi connectivity index (χ1) is 14.5. The third-order valence-electron chi connectivity index (χ3n) is 5.41. The average Bonchev–Trinajstić information content (AvgIpc) is 3.23. The van der Waals surface area contributed by atoms with Crippen LogP contribution in [0.5, 0.6) is 11.5 Å². The summed E-state index contributed by atoms with van der Waals surface area (Å²) in [6, 6.07) is 10.8. The van der Waals surface area contributed by atoms with Gasteiger partial charge in [-0.25, -0.2) is 0 Å². The van der Waals surface area contributed by atoms with Gasteiger partial charge in [0.25, 0.3) is 5.91 Å². The van der Waals surface area contributed by atoms with Crippen LogP contribution in [0.4, 0.5) is 0 Å². The number of phenolic OH excluding ortho intramolecular Hbond substituents is 1. The number of fused-ring (bicyclic) bond motifs is 1. The summed E-state index contributed by atoms with van der Waals surface area (Å²) in [5.41, 5.74) is 4.95. The summed E-state index contributed by atoms with van der Waals surface area (Å²) in [6.07, 6.45) is 0. The van der Waals surface area contributed by atoms with E-state index in [9.17, 15) is 15.0 Å². The number of aliphatic hydroxyl groups is 1. The number of ether oxygens (including phenoxy) is 1. The van der Waals surface area contributed by atoms with Gasteiger partial charge in [-0.3, -0.25) is 9.89 Å². The van der Waals surface area contributed by atoms with Crippen molar-refractivity contribution in [2.45, 2.75) is 26.8 Å². The number of benzene rings is 2. The number of nitrogens with zero attached hydrogens (tertiary/aromatic N) is 2. The molecular weight excluding hydrogens is 382 g/mol. The molecule has 1 aliphatic heterocycles. The number of phenols is 1. The van der Waals surface area contributed by atoms with Crippen LogP contribution in [-0.2, 0) is 0 Å². The summed E-state index contributed by atoms with van der Waals surface area (Å²) < 4.78 is 5.54. The first kappa shape index (κ1) is 20.0. The minimum Gasteiger partial charge on any atom is -0.507 e. The second kappa shape index (κ2) is 7.84. The van der Waals surface area contributed by atoms with Gasteiger partial charge in [0.05, 0.1) is 19.3 Å². The van der Waals surface area contributed by atoms with Gasteiger partial charge in [-0.15, -0.1) is 0 Å². The lowest BCUT2D eigenvalue weighted by atomic mass is 9.93. The molecule has 1 aromatic heterocycles. The first-order valence-corrected chi connectivity index (χ1v) is 9.99. The molecule has 7 heteroatoms. The van der Waals surface area contributed by atoms with Crippen molar-refractivity contribution in [2.24, 2.45) is 0 Å². The SMILES string of the molecule is CCOc1ccc([C@H]2c3c(-c4c(C)cc(C)cc4O)n[nH]c3C(=O)N2CCO)cc1. The van der Waals surface area contributed by atoms with Crippen molar-refractivity contribution in [3.8, 4) is 22.8 Å². The second-order valence-electron chi connectivity index (χ2n) is 7.46. The average molecular weight is 407 g/mol. The third kappa shape index (κ3) is 3.21. The van der Waals surface area contributed by atoms with Gasteiger partial charge in [0, 0.05) is 17.7 Å². The van der Waals surface area contributed by atoms with Crippen molar-refractivity contribution in [2.75, 3.05) is 19.8 Å². The Labute approximate surface area is 174 Å². The van der Waals surface area contributed by atoms with Crippen molar-refractivity contribution in [3.63, 3.8) is 0 Å². The number of carbonyl (C=O) groups excluding carboxylic acids is 1. The summed E-state index contributed by atoms with van der Waals surface area (Å²) >= 11 is 0. The number of amides is 1. The lowest BCUT2D eigenvalue weighted by Crippen LogP contribution is -2.32. The number of aliphatic hydroxyl groups excluding tert-OH is 1. The van der Waals surface area contributed by atoms with E-state index in [1.807, 2.05) is 51.1 Å². The molecule has 30 heavy (non-hydrogen) atoms. The van der Waals surface area contributed by atoms with Crippen LogP contribution < -0.4 is 4.74 Å². The van der Waals surface area contributed by atoms with E-state index in [0.717, 1.165) is 22.4 Å². The maximum Gasteiger partial charge on any atom is 0.273 e. The van der Waals surface area contributed by atoms with Crippen LogP contribution >= 0.6 is 0 Å². The number of H-pyrrole nitrogens is 1. The number of aromatic hydroxyl groups is 1. The van der Waals surface area contributed by atoms with Crippen LogP contribution in [0.2, 0.25) is 0 Å².